The van der Waals surface area contributed by atoms with Crippen molar-refractivity contribution < 1.29 is 9.59 Å². The molecule has 3 rings (SSSR count). The van der Waals surface area contributed by atoms with E-state index in [1.165, 1.54) is 6.92 Å². The fourth-order valence-electron chi connectivity index (χ4n) is 3.05. The highest BCUT2D eigenvalue weighted by atomic mass is 16.2. The molecule has 0 aliphatic heterocycles. The first-order valence-electron chi connectivity index (χ1n) is 9.45. The van der Waals surface area contributed by atoms with Crippen LogP contribution in [0.15, 0.2) is 66.9 Å². The van der Waals surface area contributed by atoms with Crippen molar-refractivity contribution >= 4 is 34.6 Å². The van der Waals surface area contributed by atoms with Gasteiger partial charge in [0, 0.05) is 42.4 Å². The molecule has 0 atom stereocenters. The molecule has 6 nitrogen and oxygen atoms in total. The van der Waals surface area contributed by atoms with Gasteiger partial charge in [-0.3, -0.25) is 14.6 Å². The first kappa shape index (κ1) is 20.1. The van der Waals surface area contributed by atoms with Crippen LogP contribution in [0.1, 0.15) is 29.9 Å². The first-order valence-corrected chi connectivity index (χ1v) is 9.45. The maximum Gasteiger partial charge on any atom is 0.276 e. The van der Waals surface area contributed by atoms with Gasteiger partial charge in [-0.15, -0.1) is 0 Å². The van der Waals surface area contributed by atoms with Crippen molar-refractivity contribution in [1.82, 2.24) is 4.98 Å². The summed E-state index contributed by atoms with van der Waals surface area (Å²) in [5.41, 5.74) is 4.54. The van der Waals surface area contributed by atoms with Gasteiger partial charge in [0.15, 0.2) is 0 Å². The Bertz CT molecular complexity index is 1030. The van der Waals surface area contributed by atoms with E-state index in [2.05, 4.69) is 15.6 Å². The van der Waals surface area contributed by atoms with Crippen molar-refractivity contribution in [1.29, 1.82) is 0 Å². The second kappa shape index (κ2) is 9.01. The molecule has 6 heteroatoms. The fraction of sp³-hybridized carbons (Fsp3) is 0.174. The summed E-state index contributed by atoms with van der Waals surface area (Å²) in [7, 11) is 0. The zero-order valence-corrected chi connectivity index (χ0v) is 16.8. The third-order valence-electron chi connectivity index (χ3n) is 4.33. The lowest BCUT2D eigenvalue weighted by molar-refractivity contribution is -0.114. The molecule has 3 aromatic rings. The third-order valence-corrected chi connectivity index (χ3v) is 4.33. The second-order valence-corrected chi connectivity index (χ2v) is 6.71. The minimum Gasteiger partial charge on any atom is -0.355 e. The van der Waals surface area contributed by atoms with E-state index in [0.717, 1.165) is 22.6 Å². The van der Waals surface area contributed by atoms with Crippen molar-refractivity contribution in [2.75, 3.05) is 22.1 Å². The van der Waals surface area contributed by atoms with Crippen LogP contribution in [-0.4, -0.2) is 23.3 Å². The summed E-state index contributed by atoms with van der Waals surface area (Å²) in [5.74, 6) is -0.288. The molecule has 1 aromatic heterocycles. The highest BCUT2D eigenvalue weighted by Crippen LogP contribution is 2.22. The number of aryl methyl sites for hydroxylation is 1. The summed E-state index contributed by atoms with van der Waals surface area (Å²) in [6.45, 7) is 5.95. The van der Waals surface area contributed by atoms with Gasteiger partial charge in [-0.2, -0.15) is 0 Å². The molecule has 148 valence electrons. The maximum absolute atomic E-state index is 13.1. The van der Waals surface area contributed by atoms with Gasteiger partial charge in [-0.25, -0.2) is 0 Å². The van der Waals surface area contributed by atoms with Gasteiger partial charge in [-0.05, 0) is 61.9 Å². The number of hydrogen-bond acceptors (Lipinski definition) is 4. The third kappa shape index (κ3) is 5.19. The lowest BCUT2D eigenvalue weighted by atomic mass is 10.2. The Balaban J connectivity index is 1.81. The topological polar surface area (TPSA) is 74.3 Å². The van der Waals surface area contributed by atoms with Gasteiger partial charge in [-0.1, -0.05) is 18.2 Å². The molecule has 0 radical (unpaired) electrons. The molecule has 2 N–H and O–H groups in total. The van der Waals surface area contributed by atoms with Gasteiger partial charge in [0.25, 0.3) is 5.91 Å². The number of rotatable bonds is 6. The molecule has 2 amide bonds. The lowest BCUT2D eigenvalue weighted by Crippen LogP contribution is -2.31. The molecule has 0 saturated carbocycles. The summed E-state index contributed by atoms with van der Waals surface area (Å²) in [6.07, 6.45) is 1.61. The Morgan fingerprint density at radius 2 is 1.69 bits per heavy atom. The molecule has 0 fully saturated rings. The minimum atomic E-state index is -0.159. The predicted molar refractivity (Wildman–Crippen MR) is 117 cm³/mol. The number of anilines is 4. The number of nitrogens with zero attached hydrogens (tertiary/aromatic N) is 2. The molecule has 0 aliphatic rings. The Labute approximate surface area is 170 Å². The number of amides is 2. The minimum absolute atomic E-state index is 0.130. The van der Waals surface area contributed by atoms with E-state index in [9.17, 15) is 9.59 Å². The van der Waals surface area contributed by atoms with E-state index >= 15 is 0 Å². The number of carbonyl (C=O) groups is 2. The molecule has 0 unspecified atom stereocenters. The van der Waals surface area contributed by atoms with Crippen molar-refractivity contribution in [3.05, 3.63) is 78.1 Å². The monoisotopic (exact) mass is 388 g/mol. The van der Waals surface area contributed by atoms with Crippen molar-refractivity contribution in [2.45, 2.75) is 20.8 Å². The van der Waals surface area contributed by atoms with Crippen molar-refractivity contribution in [3.63, 3.8) is 0 Å². The van der Waals surface area contributed by atoms with Gasteiger partial charge < -0.3 is 15.5 Å². The lowest BCUT2D eigenvalue weighted by Gasteiger charge is -2.21. The number of pyridine rings is 1. The van der Waals surface area contributed by atoms with E-state index in [4.69, 9.17) is 0 Å². The summed E-state index contributed by atoms with van der Waals surface area (Å²) < 4.78 is 0. The smallest absolute Gasteiger partial charge is 0.276 e. The SMILES string of the molecule is CCN(C(=O)c1cc(Nc2cccc(NC(C)=O)c2)ccn1)c1cccc(C)c1. The molecular weight excluding hydrogens is 364 g/mol. The van der Waals surface area contributed by atoms with E-state index < -0.39 is 0 Å². The summed E-state index contributed by atoms with van der Waals surface area (Å²) in [4.78, 5) is 30.3. The Kier molecular flexibility index (Phi) is 6.24. The Morgan fingerprint density at radius 1 is 0.966 bits per heavy atom. The van der Waals surface area contributed by atoms with Crippen LogP contribution in [0, 0.1) is 6.92 Å². The highest BCUT2D eigenvalue weighted by Gasteiger charge is 2.18. The average Bonchev–Trinajstić information content (AvgIpc) is 2.68. The zero-order valence-electron chi connectivity index (χ0n) is 16.8. The first-order chi connectivity index (χ1) is 14.0. The highest BCUT2D eigenvalue weighted by molar-refractivity contribution is 6.05. The van der Waals surface area contributed by atoms with Crippen molar-refractivity contribution in [3.8, 4) is 0 Å². The quantitative estimate of drug-likeness (QED) is 0.638. The van der Waals surface area contributed by atoms with E-state index in [1.807, 2.05) is 62.4 Å². The number of nitrogens with one attached hydrogen (secondary N) is 2. The second-order valence-electron chi connectivity index (χ2n) is 6.71. The van der Waals surface area contributed by atoms with Crippen LogP contribution in [0.3, 0.4) is 0 Å². The fourth-order valence-corrected chi connectivity index (χ4v) is 3.05. The molecule has 1 heterocycles. The van der Waals surface area contributed by atoms with Crippen molar-refractivity contribution in [2.24, 2.45) is 0 Å². The average molecular weight is 388 g/mol. The van der Waals surface area contributed by atoms with Gasteiger partial charge in [0.1, 0.15) is 5.69 Å². The van der Waals surface area contributed by atoms with E-state index in [-0.39, 0.29) is 11.8 Å². The molecule has 0 bridgehead atoms. The van der Waals surface area contributed by atoms with Gasteiger partial charge in [0.2, 0.25) is 5.91 Å². The largest absolute Gasteiger partial charge is 0.355 e. The molecule has 0 aliphatic carbocycles. The molecule has 29 heavy (non-hydrogen) atoms. The van der Waals surface area contributed by atoms with Gasteiger partial charge in [0.05, 0.1) is 0 Å². The van der Waals surface area contributed by atoms with Crippen LogP contribution >= 0.6 is 0 Å². The van der Waals surface area contributed by atoms with Crippen LogP contribution in [-0.2, 0) is 4.79 Å². The predicted octanol–water partition coefficient (Wildman–Crippen LogP) is 4.76. The van der Waals surface area contributed by atoms with Crippen LogP contribution in [0.25, 0.3) is 0 Å². The Hall–Kier alpha value is -3.67. The molecular formula is C23H24N4O2. The van der Waals surface area contributed by atoms with Crippen LogP contribution < -0.4 is 15.5 Å². The molecule has 2 aromatic carbocycles. The Morgan fingerprint density at radius 3 is 2.41 bits per heavy atom. The number of aromatic nitrogens is 1. The molecule has 0 saturated heterocycles. The van der Waals surface area contributed by atoms with E-state index in [0.29, 0.717) is 17.9 Å². The summed E-state index contributed by atoms with van der Waals surface area (Å²) in [5, 5.41) is 6.01. The number of benzene rings is 2. The van der Waals surface area contributed by atoms with E-state index in [1.54, 1.807) is 23.2 Å². The zero-order chi connectivity index (χ0) is 20.8. The van der Waals surface area contributed by atoms with Gasteiger partial charge >= 0.3 is 0 Å². The standard InChI is InChI=1S/C23H24N4O2/c1-4-27(21-10-5-7-16(2)13-21)23(29)22-15-20(11-12-24-22)26-19-9-6-8-18(14-19)25-17(3)28/h5-15H,4H2,1-3H3,(H,24,26)(H,25,28). The number of hydrogen-bond donors (Lipinski definition) is 2. The van der Waals surface area contributed by atoms with Crippen LogP contribution in [0.4, 0.5) is 22.7 Å². The van der Waals surface area contributed by atoms with Crippen LogP contribution in [0.2, 0.25) is 0 Å². The normalized spacial score (nSPS) is 10.3. The maximum atomic E-state index is 13.1. The van der Waals surface area contributed by atoms with Crippen LogP contribution in [0.5, 0.6) is 0 Å². The number of carbonyl (C=O) groups excluding carboxylic acids is 2. The summed E-state index contributed by atoms with van der Waals surface area (Å²) in [6, 6.07) is 18.7. The summed E-state index contributed by atoms with van der Waals surface area (Å²) >= 11 is 0. The molecule has 0 spiro atoms.